The number of aromatic nitrogens is 2. The van der Waals surface area contributed by atoms with Crippen LogP contribution in [0.25, 0.3) is 11.0 Å². The third-order valence-electron chi connectivity index (χ3n) is 9.15. The second-order valence-corrected chi connectivity index (χ2v) is 12.4. The molecule has 2 fully saturated rings. The van der Waals surface area contributed by atoms with Crippen LogP contribution in [0.15, 0.2) is 54.6 Å². The molecule has 2 aliphatic carbocycles. The smallest absolute Gasteiger partial charge is 0.289 e. The van der Waals surface area contributed by atoms with E-state index in [9.17, 15) is 24.0 Å². The summed E-state index contributed by atoms with van der Waals surface area (Å²) < 4.78 is 0. The van der Waals surface area contributed by atoms with Crippen LogP contribution >= 0.6 is 0 Å². The van der Waals surface area contributed by atoms with Gasteiger partial charge in [-0.05, 0) is 49.3 Å². The Hall–Kier alpha value is -4.14. The average molecular weight is 599 g/mol. The molecule has 2 saturated carbocycles. The number of fused-ring (bicyclic) bond motifs is 1. The van der Waals surface area contributed by atoms with Crippen LogP contribution in [0, 0.1) is 17.8 Å². The molecule has 9 nitrogen and oxygen atoms in total. The predicted octanol–water partition coefficient (Wildman–Crippen LogP) is 5.24. The van der Waals surface area contributed by atoms with Crippen LogP contribution in [-0.2, 0) is 25.7 Å². The van der Waals surface area contributed by atoms with E-state index in [2.05, 4.69) is 20.6 Å². The van der Waals surface area contributed by atoms with Gasteiger partial charge in [-0.1, -0.05) is 81.0 Å². The van der Waals surface area contributed by atoms with Crippen molar-refractivity contribution in [2.75, 3.05) is 0 Å². The molecule has 0 saturated heterocycles. The summed E-state index contributed by atoms with van der Waals surface area (Å²) in [5.74, 6) is -2.80. The number of H-pyrrole nitrogens is 1. The lowest BCUT2D eigenvalue weighted by Gasteiger charge is -2.29. The number of carbonyl (C=O) groups is 5. The number of para-hydroxylation sites is 2. The van der Waals surface area contributed by atoms with E-state index < -0.39 is 35.5 Å². The number of amides is 2. The van der Waals surface area contributed by atoms with Crippen molar-refractivity contribution in [3.05, 3.63) is 66.0 Å². The second-order valence-electron chi connectivity index (χ2n) is 12.4. The average Bonchev–Trinajstić information content (AvgIpc) is 3.49. The highest BCUT2D eigenvalue weighted by Gasteiger charge is 2.36. The first kappa shape index (κ1) is 31.3. The van der Waals surface area contributed by atoms with Crippen LogP contribution in [0.4, 0.5) is 0 Å². The van der Waals surface area contributed by atoms with Crippen LogP contribution in [0.2, 0.25) is 0 Å². The van der Waals surface area contributed by atoms with Gasteiger partial charge in [0.05, 0.1) is 17.1 Å². The maximum absolute atomic E-state index is 13.9. The Morgan fingerprint density at radius 2 is 1.59 bits per heavy atom. The van der Waals surface area contributed by atoms with E-state index in [1.54, 1.807) is 0 Å². The van der Waals surface area contributed by atoms with Crippen molar-refractivity contribution >= 4 is 40.2 Å². The van der Waals surface area contributed by atoms with Crippen molar-refractivity contribution in [2.45, 2.75) is 89.6 Å². The lowest BCUT2D eigenvalue weighted by atomic mass is 9.80. The van der Waals surface area contributed by atoms with E-state index >= 15 is 0 Å². The van der Waals surface area contributed by atoms with Gasteiger partial charge in [-0.2, -0.15) is 0 Å². The van der Waals surface area contributed by atoms with Gasteiger partial charge in [0.25, 0.3) is 5.91 Å². The van der Waals surface area contributed by atoms with Gasteiger partial charge in [-0.15, -0.1) is 0 Å². The molecule has 5 rings (SSSR count). The number of nitrogens with zero attached hydrogens (tertiary/aromatic N) is 1. The Balaban J connectivity index is 1.33. The number of hydrogen-bond acceptors (Lipinski definition) is 6. The summed E-state index contributed by atoms with van der Waals surface area (Å²) in [5.41, 5.74) is 2.26. The number of aromatic amines is 1. The van der Waals surface area contributed by atoms with Crippen LogP contribution in [0.1, 0.15) is 93.2 Å². The molecule has 0 aliphatic heterocycles. The van der Waals surface area contributed by atoms with Crippen molar-refractivity contribution in [3.8, 4) is 0 Å². The summed E-state index contributed by atoms with van der Waals surface area (Å²) in [7, 11) is 0. The molecule has 0 radical (unpaired) electrons. The summed E-state index contributed by atoms with van der Waals surface area (Å²) in [4.78, 5) is 74.1. The topological polar surface area (TPSA) is 138 Å². The minimum absolute atomic E-state index is 0.0619. The van der Waals surface area contributed by atoms with Crippen LogP contribution in [0.3, 0.4) is 0 Å². The molecule has 9 heteroatoms. The van der Waals surface area contributed by atoms with Crippen LogP contribution in [-0.4, -0.2) is 45.2 Å². The number of carbonyl (C=O) groups excluding carboxylic acids is 5. The van der Waals surface area contributed by atoms with E-state index in [1.165, 1.54) is 0 Å². The largest absolute Gasteiger partial charge is 0.345 e. The molecule has 0 bridgehead atoms. The first-order valence-electron chi connectivity index (χ1n) is 16.0. The molecule has 2 aliphatic rings. The SMILES string of the molecule is O=C(NCc1ccccc1)C(=O)[C@H](C[C@@H]1CCCCC1=O)NC(=O)C(CC(=O)c1nc2ccccc2[nH]1)CC1CCCCC1. The van der Waals surface area contributed by atoms with Crippen molar-refractivity contribution in [1.29, 1.82) is 0 Å². The monoisotopic (exact) mass is 598 g/mol. The number of nitrogens with one attached hydrogen (secondary N) is 3. The predicted molar refractivity (Wildman–Crippen MR) is 167 cm³/mol. The maximum atomic E-state index is 13.9. The number of Topliss-reactive ketones (excluding diaryl/α,β-unsaturated/α-hetero) is 3. The molecule has 44 heavy (non-hydrogen) atoms. The van der Waals surface area contributed by atoms with Gasteiger partial charge >= 0.3 is 0 Å². The molecule has 3 aromatic rings. The number of imidazole rings is 1. The number of rotatable bonds is 13. The number of hydrogen-bond donors (Lipinski definition) is 3. The fraction of sp³-hybridized carbons (Fsp3) is 0.486. The Kier molecular flexibility index (Phi) is 10.7. The molecule has 1 unspecified atom stereocenters. The zero-order chi connectivity index (χ0) is 30.9. The quantitative estimate of drug-likeness (QED) is 0.182. The third kappa shape index (κ3) is 8.27. The molecule has 232 valence electrons. The normalized spacial score (nSPS) is 18.8. The van der Waals surface area contributed by atoms with Crippen molar-refractivity contribution in [3.63, 3.8) is 0 Å². The van der Waals surface area contributed by atoms with Gasteiger partial charge in [-0.3, -0.25) is 24.0 Å². The first-order valence-corrected chi connectivity index (χ1v) is 16.0. The minimum Gasteiger partial charge on any atom is -0.345 e. The first-order chi connectivity index (χ1) is 21.4. The van der Waals surface area contributed by atoms with Crippen LogP contribution in [0.5, 0.6) is 0 Å². The van der Waals surface area contributed by atoms with Crippen molar-refractivity contribution in [2.24, 2.45) is 17.8 Å². The van der Waals surface area contributed by atoms with Gasteiger partial charge in [0.15, 0.2) is 11.6 Å². The molecule has 2 amide bonds. The molecule has 3 N–H and O–H groups in total. The Morgan fingerprint density at radius 1 is 0.864 bits per heavy atom. The molecule has 1 heterocycles. The van der Waals surface area contributed by atoms with Gasteiger partial charge in [0, 0.05) is 31.2 Å². The highest BCUT2D eigenvalue weighted by Crippen LogP contribution is 2.31. The minimum atomic E-state index is -1.15. The van der Waals surface area contributed by atoms with Gasteiger partial charge in [-0.25, -0.2) is 4.98 Å². The van der Waals surface area contributed by atoms with E-state index in [-0.39, 0.29) is 36.8 Å². The van der Waals surface area contributed by atoms with E-state index in [0.29, 0.717) is 30.7 Å². The summed E-state index contributed by atoms with van der Waals surface area (Å²) in [6, 6.07) is 15.5. The van der Waals surface area contributed by atoms with Crippen LogP contribution < -0.4 is 10.6 Å². The number of ketones is 3. The highest BCUT2D eigenvalue weighted by molar-refractivity contribution is 6.38. The number of benzene rings is 2. The zero-order valence-corrected chi connectivity index (χ0v) is 25.2. The summed E-state index contributed by atoms with van der Waals surface area (Å²) in [5, 5.41) is 5.52. The lowest BCUT2D eigenvalue weighted by molar-refractivity contribution is -0.141. The summed E-state index contributed by atoms with van der Waals surface area (Å²) >= 11 is 0. The maximum Gasteiger partial charge on any atom is 0.289 e. The molecule has 3 atom stereocenters. The Bertz CT molecular complexity index is 1440. The summed E-state index contributed by atoms with van der Waals surface area (Å²) in [6.07, 6.45) is 8.58. The fourth-order valence-corrected chi connectivity index (χ4v) is 6.65. The van der Waals surface area contributed by atoms with Gasteiger partial charge in [0.1, 0.15) is 5.78 Å². The Morgan fingerprint density at radius 3 is 2.34 bits per heavy atom. The molecular formula is C35H42N4O5. The van der Waals surface area contributed by atoms with Gasteiger partial charge in [0.2, 0.25) is 11.7 Å². The molecule has 0 spiro atoms. The lowest BCUT2D eigenvalue weighted by Crippen LogP contribution is -2.50. The van der Waals surface area contributed by atoms with E-state index in [1.807, 2.05) is 54.6 Å². The highest BCUT2D eigenvalue weighted by atomic mass is 16.2. The van der Waals surface area contributed by atoms with Crippen molar-refractivity contribution in [1.82, 2.24) is 20.6 Å². The molecular weight excluding hydrogens is 556 g/mol. The van der Waals surface area contributed by atoms with E-state index in [4.69, 9.17) is 0 Å². The molecule has 2 aromatic carbocycles. The Labute approximate surface area is 258 Å². The third-order valence-corrected chi connectivity index (χ3v) is 9.15. The molecule has 1 aromatic heterocycles. The fourth-order valence-electron chi connectivity index (χ4n) is 6.65. The summed E-state index contributed by atoms with van der Waals surface area (Å²) in [6.45, 7) is 0.171. The second kappa shape index (κ2) is 15.0. The van der Waals surface area contributed by atoms with Crippen molar-refractivity contribution < 1.29 is 24.0 Å². The van der Waals surface area contributed by atoms with E-state index in [0.717, 1.165) is 56.0 Å². The van der Waals surface area contributed by atoms with Gasteiger partial charge < -0.3 is 15.6 Å². The standard InChI is InChI=1S/C35H42N4O5/c40-30-18-10-7-15-25(30)20-29(32(42)35(44)36-22-24-13-5-2-6-14-24)39-34(43)26(19-23-11-3-1-4-12-23)21-31(41)33-37-27-16-8-9-17-28(27)38-33/h2,5-6,8-9,13-14,16-17,23,25-26,29H,1,3-4,7,10-12,15,18-22H2,(H,36,44)(H,37,38)(H,39,43)/t25-,26?,29-/m0/s1. The zero-order valence-electron chi connectivity index (χ0n) is 25.2.